The van der Waals surface area contributed by atoms with E-state index in [0.717, 1.165) is 22.4 Å². The van der Waals surface area contributed by atoms with Crippen LogP contribution in [0.1, 0.15) is 36.6 Å². The molecule has 31 heavy (non-hydrogen) atoms. The van der Waals surface area contributed by atoms with Crippen LogP contribution in [0, 0.1) is 0 Å². The molecule has 0 aliphatic carbocycles. The van der Waals surface area contributed by atoms with Gasteiger partial charge in [0, 0.05) is 12.2 Å². The van der Waals surface area contributed by atoms with E-state index in [4.69, 9.17) is 0 Å². The Balaban J connectivity index is 1.64. The third-order valence-electron chi connectivity index (χ3n) is 5.84. The van der Waals surface area contributed by atoms with Gasteiger partial charge in [-0.2, -0.15) is 0 Å². The minimum atomic E-state index is -0.595. The fourth-order valence-corrected chi connectivity index (χ4v) is 4.18. The predicted molar refractivity (Wildman–Crippen MR) is 122 cm³/mol. The summed E-state index contributed by atoms with van der Waals surface area (Å²) >= 11 is 0. The van der Waals surface area contributed by atoms with Gasteiger partial charge in [0.2, 0.25) is 5.91 Å². The van der Waals surface area contributed by atoms with Gasteiger partial charge in [-0.3, -0.25) is 4.79 Å². The predicted octanol–water partition coefficient (Wildman–Crippen LogP) is 4.89. The fourth-order valence-electron chi connectivity index (χ4n) is 4.18. The summed E-state index contributed by atoms with van der Waals surface area (Å²) in [6.07, 6.45) is 0. The Labute approximate surface area is 183 Å². The molecule has 0 saturated carbocycles. The monoisotopic (exact) mass is 413 g/mol. The van der Waals surface area contributed by atoms with Crippen LogP contribution in [0.3, 0.4) is 0 Å². The first-order chi connectivity index (χ1) is 15.1. The van der Waals surface area contributed by atoms with Crippen LogP contribution in [0.5, 0.6) is 0 Å². The van der Waals surface area contributed by atoms with Crippen LogP contribution < -0.4 is 10.2 Å². The molecule has 158 valence electrons. The summed E-state index contributed by atoms with van der Waals surface area (Å²) in [5.74, 6) is -0.0875. The van der Waals surface area contributed by atoms with Gasteiger partial charge in [-0.15, -0.1) is 0 Å². The van der Waals surface area contributed by atoms with Gasteiger partial charge >= 0.3 is 6.03 Å². The molecule has 4 rings (SSSR count). The number of hydrogen-bond donors (Lipinski definition) is 1. The molecule has 1 aliphatic rings. The number of nitrogens with one attached hydrogen (secondary N) is 1. The van der Waals surface area contributed by atoms with Crippen molar-refractivity contribution in [1.82, 2.24) is 10.2 Å². The lowest BCUT2D eigenvalue weighted by Gasteiger charge is -2.32. The average molecular weight is 414 g/mol. The van der Waals surface area contributed by atoms with E-state index in [1.54, 1.807) is 9.80 Å². The maximum absolute atomic E-state index is 13.6. The number of nitrogens with zero attached hydrogens (tertiary/aromatic N) is 2. The number of urea groups is 1. The SMILES string of the molecule is C[C@@H]1C(=O)N(Cc2ccccc2)c2ccccc2[C@H](C)N1C(=O)NCc1ccccc1. The van der Waals surface area contributed by atoms with E-state index in [1.807, 2.05) is 98.8 Å². The third-order valence-corrected chi connectivity index (χ3v) is 5.84. The Bertz CT molecular complexity index is 1050. The minimum Gasteiger partial charge on any atom is -0.334 e. The number of hydrogen-bond acceptors (Lipinski definition) is 2. The van der Waals surface area contributed by atoms with Crippen LogP contribution in [0.15, 0.2) is 84.9 Å². The zero-order valence-electron chi connectivity index (χ0n) is 17.9. The number of benzene rings is 3. The summed E-state index contributed by atoms with van der Waals surface area (Å²) in [7, 11) is 0. The van der Waals surface area contributed by atoms with E-state index in [1.165, 1.54) is 0 Å². The zero-order valence-corrected chi connectivity index (χ0v) is 17.9. The highest BCUT2D eigenvalue weighted by molar-refractivity contribution is 6.00. The van der Waals surface area contributed by atoms with Crippen molar-refractivity contribution >= 4 is 17.6 Å². The van der Waals surface area contributed by atoms with Crippen LogP contribution >= 0.6 is 0 Å². The first-order valence-electron chi connectivity index (χ1n) is 10.6. The van der Waals surface area contributed by atoms with Gasteiger partial charge in [-0.1, -0.05) is 78.9 Å². The molecule has 3 aromatic carbocycles. The van der Waals surface area contributed by atoms with Crippen LogP contribution in [-0.4, -0.2) is 22.9 Å². The van der Waals surface area contributed by atoms with Crippen molar-refractivity contribution in [2.24, 2.45) is 0 Å². The normalized spacial score (nSPS) is 18.3. The van der Waals surface area contributed by atoms with Gasteiger partial charge in [0.05, 0.1) is 12.6 Å². The molecule has 1 N–H and O–H groups in total. The summed E-state index contributed by atoms with van der Waals surface area (Å²) < 4.78 is 0. The summed E-state index contributed by atoms with van der Waals surface area (Å²) in [5, 5.41) is 2.99. The summed E-state index contributed by atoms with van der Waals surface area (Å²) in [6.45, 7) is 4.67. The van der Waals surface area contributed by atoms with E-state index < -0.39 is 6.04 Å². The van der Waals surface area contributed by atoms with Gasteiger partial charge < -0.3 is 15.1 Å². The Hall–Kier alpha value is -3.60. The topological polar surface area (TPSA) is 52.7 Å². The molecular weight excluding hydrogens is 386 g/mol. The Kier molecular flexibility index (Phi) is 6.03. The fraction of sp³-hybridized carbons (Fsp3) is 0.231. The molecule has 3 amide bonds. The van der Waals surface area contributed by atoms with Crippen molar-refractivity contribution < 1.29 is 9.59 Å². The molecule has 5 heteroatoms. The molecular formula is C26H27N3O2. The highest BCUT2D eigenvalue weighted by atomic mass is 16.2. The number of carbonyl (C=O) groups is 2. The van der Waals surface area contributed by atoms with Crippen LogP contribution in [0.4, 0.5) is 10.5 Å². The maximum atomic E-state index is 13.6. The maximum Gasteiger partial charge on any atom is 0.318 e. The molecule has 0 spiro atoms. The summed E-state index contributed by atoms with van der Waals surface area (Å²) in [4.78, 5) is 30.2. The third kappa shape index (κ3) is 4.31. The molecule has 0 fully saturated rings. The molecule has 0 unspecified atom stereocenters. The lowest BCUT2D eigenvalue weighted by atomic mass is 10.0. The van der Waals surface area contributed by atoms with Crippen LogP contribution in [-0.2, 0) is 17.9 Å². The van der Waals surface area contributed by atoms with Crippen molar-refractivity contribution in [2.45, 2.75) is 39.0 Å². The van der Waals surface area contributed by atoms with Crippen molar-refractivity contribution in [3.05, 3.63) is 102 Å². The standard InChI is InChI=1S/C26H27N3O2/c1-19-23-15-9-10-16-24(23)28(18-22-13-7-4-8-14-22)25(30)20(2)29(19)26(31)27-17-21-11-5-3-6-12-21/h3-16,19-20H,17-18H2,1-2H3,(H,27,31)/t19-,20+/m0/s1. The second-order valence-electron chi connectivity index (χ2n) is 7.87. The van der Waals surface area contributed by atoms with E-state index in [2.05, 4.69) is 5.32 Å². The van der Waals surface area contributed by atoms with Gasteiger partial charge in [0.25, 0.3) is 0 Å². The highest BCUT2D eigenvalue weighted by Gasteiger charge is 2.38. The lowest BCUT2D eigenvalue weighted by molar-refractivity contribution is -0.122. The van der Waals surface area contributed by atoms with Crippen LogP contribution in [0.25, 0.3) is 0 Å². The number of rotatable bonds is 4. The average Bonchev–Trinajstić information content (AvgIpc) is 2.88. The minimum absolute atomic E-state index is 0.0875. The molecule has 1 heterocycles. The first-order valence-corrected chi connectivity index (χ1v) is 10.6. The van der Waals surface area contributed by atoms with Gasteiger partial charge in [0.15, 0.2) is 0 Å². The molecule has 0 aromatic heterocycles. The molecule has 0 saturated heterocycles. The number of carbonyl (C=O) groups excluding carboxylic acids is 2. The highest BCUT2D eigenvalue weighted by Crippen LogP contribution is 2.36. The van der Waals surface area contributed by atoms with E-state index in [0.29, 0.717) is 13.1 Å². The molecule has 0 radical (unpaired) electrons. The number of amides is 3. The molecule has 1 aliphatic heterocycles. The smallest absolute Gasteiger partial charge is 0.318 e. The number of para-hydroxylation sites is 1. The van der Waals surface area contributed by atoms with Gasteiger partial charge in [-0.05, 0) is 36.6 Å². The van der Waals surface area contributed by atoms with E-state index in [-0.39, 0.29) is 18.0 Å². The number of fused-ring (bicyclic) bond motifs is 1. The molecule has 2 atom stereocenters. The summed E-state index contributed by atoms with van der Waals surface area (Å²) in [5.41, 5.74) is 3.89. The number of anilines is 1. The van der Waals surface area contributed by atoms with E-state index in [9.17, 15) is 9.59 Å². The van der Waals surface area contributed by atoms with Gasteiger partial charge in [-0.25, -0.2) is 4.79 Å². The van der Waals surface area contributed by atoms with Crippen molar-refractivity contribution in [2.75, 3.05) is 4.90 Å². The Morgan fingerprint density at radius 3 is 2.06 bits per heavy atom. The van der Waals surface area contributed by atoms with Crippen molar-refractivity contribution in [3.63, 3.8) is 0 Å². The van der Waals surface area contributed by atoms with Crippen molar-refractivity contribution in [3.8, 4) is 0 Å². The molecule has 5 nitrogen and oxygen atoms in total. The quantitative estimate of drug-likeness (QED) is 0.662. The lowest BCUT2D eigenvalue weighted by Crippen LogP contribution is -2.51. The first kappa shape index (κ1) is 20.7. The second kappa shape index (κ2) is 9.04. The van der Waals surface area contributed by atoms with Crippen molar-refractivity contribution in [1.29, 1.82) is 0 Å². The van der Waals surface area contributed by atoms with Gasteiger partial charge in [0.1, 0.15) is 6.04 Å². The Morgan fingerprint density at radius 2 is 1.39 bits per heavy atom. The van der Waals surface area contributed by atoms with E-state index >= 15 is 0 Å². The molecule has 0 bridgehead atoms. The zero-order chi connectivity index (χ0) is 21.8. The second-order valence-corrected chi connectivity index (χ2v) is 7.87. The Morgan fingerprint density at radius 1 is 0.806 bits per heavy atom. The summed E-state index contributed by atoms with van der Waals surface area (Å²) in [6, 6.07) is 26.5. The van der Waals surface area contributed by atoms with Crippen LogP contribution in [0.2, 0.25) is 0 Å². The molecule has 3 aromatic rings. The largest absolute Gasteiger partial charge is 0.334 e.